The second-order valence-corrected chi connectivity index (χ2v) is 5.76. The molecule has 1 saturated heterocycles. The molecule has 1 aliphatic heterocycles. The maximum atomic E-state index is 13.4. The third kappa shape index (κ3) is 3.52. The Morgan fingerprint density at radius 3 is 2.68 bits per heavy atom. The smallest absolute Gasteiger partial charge is 0.150 e. The first-order valence-electron chi connectivity index (χ1n) is 7.96. The molecule has 3 N–H and O–H groups in total. The van der Waals surface area contributed by atoms with Gasteiger partial charge < -0.3 is 15.4 Å². The number of halogens is 2. The number of nitrogens with two attached hydrogens (primary N) is 1. The molecule has 3 rings (SSSR count). The maximum Gasteiger partial charge on any atom is 0.150 e. The number of benzene rings is 1. The van der Waals surface area contributed by atoms with Crippen LogP contribution in [0.3, 0.4) is 0 Å². The Bertz CT molecular complexity index is 775. The summed E-state index contributed by atoms with van der Waals surface area (Å²) in [6, 6.07) is 6.61. The predicted octanol–water partition coefficient (Wildman–Crippen LogP) is 2.37. The molecule has 2 aromatic rings. The average molecular weight is 347 g/mol. The highest BCUT2D eigenvalue weighted by Gasteiger charge is 2.33. The van der Waals surface area contributed by atoms with E-state index in [1.165, 1.54) is 11.2 Å². The van der Waals surface area contributed by atoms with Gasteiger partial charge in [0, 0.05) is 17.3 Å². The number of hydrogen-bond donors (Lipinski definition) is 2. The molecule has 1 fully saturated rings. The largest absolute Gasteiger partial charge is 0.494 e. The molecular weight excluding hydrogens is 328 g/mol. The second kappa shape index (κ2) is 7.00. The molecule has 2 heterocycles. The fraction of sp³-hybridized carbons (Fsp3) is 0.353. The van der Waals surface area contributed by atoms with Crippen molar-refractivity contribution in [1.82, 2.24) is 9.97 Å². The number of hydrogen-bond acceptors (Lipinski definition) is 6. The second-order valence-electron chi connectivity index (χ2n) is 5.76. The van der Waals surface area contributed by atoms with Crippen LogP contribution in [-0.4, -0.2) is 47.7 Å². The van der Waals surface area contributed by atoms with Gasteiger partial charge in [0.2, 0.25) is 0 Å². The molecule has 6 nitrogen and oxygen atoms in total. The highest BCUT2D eigenvalue weighted by atomic mass is 19.2. The quantitative estimate of drug-likeness (QED) is 0.640. The lowest BCUT2D eigenvalue weighted by Gasteiger charge is -2.17. The lowest BCUT2D eigenvalue weighted by Crippen LogP contribution is -2.22. The Kier molecular flexibility index (Phi) is 4.78. The van der Waals surface area contributed by atoms with Gasteiger partial charge in [0.05, 0.1) is 31.1 Å². The number of aromatic nitrogens is 2. The van der Waals surface area contributed by atoms with E-state index in [1.54, 1.807) is 24.3 Å². The van der Waals surface area contributed by atoms with Crippen LogP contribution in [0.4, 0.5) is 20.3 Å². The summed E-state index contributed by atoms with van der Waals surface area (Å²) in [6.07, 6.45) is -1.78. The summed E-state index contributed by atoms with van der Waals surface area (Å²) in [5, 5.41) is 8.39. The molecule has 2 atom stereocenters. The number of rotatable bonds is 5. The summed E-state index contributed by atoms with van der Waals surface area (Å²) >= 11 is 0. The van der Waals surface area contributed by atoms with Gasteiger partial charge in [0.1, 0.15) is 17.9 Å². The number of nitrogen functional groups attached to an aromatic ring is 1. The van der Waals surface area contributed by atoms with E-state index in [9.17, 15) is 8.78 Å². The number of alkyl halides is 2. The van der Waals surface area contributed by atoms with Gasteiger partial charge in [-0.2, -0.15) is 0 Å². The topological polar surface area (TPSA) is 88.1 Å². The fourth-order valence-corrected chi connectivity index (χ4v) is 2.71. The molecule has 1 aromatic carbocycles. The van der Waals surface area contributed by atoms with Gasteiger partial charge in [0.15, 0.2) is 12.3 Å². The molecule has 132 valence electrons. The molecule has 0 bridgehead atoms. The summed E-state index contributed by atoms with van der Waals surface area (Å²) < 4.78 is 32.3. The first-order valence-corrected chi connectivity index (χ1v) is 7.96. The zero-order valence-electron chi connectivity index (χ0n) is 13.7. The minimum absolute atomic E-state index is 0.0626. The fourth-order valence-electron chi connectivity index (χ4n) is 2.71. The van der Waals surface area contributed by atoms with E-state index in [0.717, 1.165) is 0 Å². The van der Waals surface area contributed by atoms with E-state index in [4.69, 9.17) is 15.9 Å². The van der Waals surface area contributed by atoms with Crippen molar-refractivity contribution < 1.29 is 13.5 Å². The van der Waals surface area contributed by atoms with E-state index < -0.39 is 12.3 Å². The van der Waals surface area contributed by atoms with Gasteiger partial charge >= 0.3 is 0 Å². The molecule has 0 aliphatic carbocycles. The molecule has 25 heavy (non-hydrogen) atoms. The van der Waals surface area contributed by atoms with Gasteiger partial charge in [-0.15, -0.1) is 0 Å². The van der Waals surface area contributed by atoms with E-state index in [2.05, 4.69) is 9.97 Å². The number of ether oxygens (including phenoxy) is 1. The minimum Gasteiger partial charge on any atom is -0.494 e. The minimum atomic E-state index is -1.53. The van der Waals surface area contributed by atoms with E-state index in [1.807, 2.05) is 6.92 Å². The monoisotopic (exact) mass is 347 g/mol. The normalized spacial score (nSPS) is 19.9. The number of nitrogens with one attached hydrogen (secondary N) is 1. The van der Waals surface area contributed by atoms with Crippen molar-refractivity contribution in [3.8, 4) is 5.75 Å². The summed E-state index contributed by atoms with van der Waals surface area (Å²) in [6.45, 7) is 2.24. The third-order valence-corrected chi connectivity index (χ3v) is 4.02. The lowest BCUT2D eigenvalue weighted by molar-refractivity contribution is 0.217. The zero-order valence-corrected chi connectivity index (χ0v) is 13.7. The number of anilines is 2. The van der Waals surface area contributed by atoms with Crippen molar-refractivity contribution in [2.75, 3.05) is 30.3 Å². The van der Waals surface area contributed by atoms with Crippen LogP contribution in [0.15, 0.2) is 30.6 Å². The summed E-state index contributed by atoms with van der Waals surface area (Å²) in [5.41, 5.74) is 7.28. The Labute approximate surface area is 144 Å². The van der Waals surface area contributed by atoms with Crippen LogP contribution in [-0.2, 0) is 0 Å². The van der Waals surface area contributed by atoms with Gasteiger partial charge in [0.25, 0.3) is 0 Å². The van der Waals surface area contributed by atoms with Crippen LogP contribution < -0.4 is 15.4 Å². The molecule has 0 amide bonds. The standard InChI is InChI=1S/C17H19F2N5O/c1-2-25-10-3-4-14(20)11(5-10)17(21)15-6-16(23-9-22-15)24-7-12(18)13(19)8-24/h3-6,9,12-13,21H,2,7-8,20H2,1H3. The molecular formula is C17H19F2N5O. The van der Waals surface area contributed by atoms with Gasteiger partial charge in [-0.05, 0) is 25.1 Å². The highest BCUT2D eigenvalue weighted by Crippen LogP contribution is 2.25. The molecule has 0 spiro atoms. The molecule has 1 aromatic heterocycles. The van der Waals surface area contributed by atoms with Crippen molar-refractivity contribution in [2.45, 2.75) is 19.3 Å². The summed E-state index contributed by atoms with van der Waals surface area (Å²) in [4.78, 5) is 9.67. The molecule has 8 heteroatoms. The zero-order chi connectivity index (χ0) is 18.0. The predicted molar refractivity (Wildman–Crippen MR) is 92.0 cm³/mol. The maximum absolute atomic E-state index is 13.4. The van der Waals surface area contributed by atoms with Crippen LogP contribution >= 0.6 is 0 Å². The average Bonchev–Trinajstić information content (AvgIpc) is 2.95. The SMILES string of the molecule is CCOc1ccc(N)c(C(=N)c2cc(N3CC(F)C(F)C3)ncn2)c1. The van der Waals surface area contributed by atoms with Crippen LogP contribution in [0.2, 0.25) is 0 Å². The Balaban J connectivity index is 1.88. The molecule has 2 unspecified atom stereocenters. The van der Waals surface area contributed by atoms with Gasteiger partial charge in [-0.3, -0.25) is 5.41 Å². The van der Waals surface area contributed by atoms with Crippen molar-refractivity contribution >= 4 is 17.2 Å². The van der Waals surface area contributed by atoms with Crippen molar-refractivity contribution in [3.63, 3.8) is 0 Å². The van der Waals surface area contributed by atoms with E-state index in [0.29, 0.717) is 35.1 Å². The Morgan fingerprint density at radius 2 is 2.00 bits per heavy atom. The Hall–Kier alpha value is -2.77. The van der Waals surface area contributed by atoms with Crippen LogP contribution in [0, 0.1) is 5.41 Å². The Morgan fingerprint density at radius 1 is 1.28 bits per heavy atom. The van der Waals surface area contributed by atoms with Gasteiger partial charge in [-0.1, -0.05) is 0 Å². The van der Waals surface area contributed by atoms with Crippen LogP contribution in [0.5, 0.6) is 5.75 Å². The first-order chi connectivity index (χ1) is 12.0. The first kappa shape index (κ1) is 17.1. The third-order valence-electron chi connectivity index (χ3n) is 4.02. The molecule has 0 radical (unpaired) electrons. The van der Waals surface area contributed by atoms with E-state index >= 15 is 0 Å². The van der Waals surface area contributed by atoms with Crippen molar-refractivity contribution in [3.05, 3.63) is 41.9 Å². The lowest BCUT2D eigenvalue weighted by atomic mass is 10.0. The molecule has 1 aliphatic rings. The summed E-state index contributed by atoms with van der Waals surface area (Å²) in [5.74, 6) is 0.989. The summed E-state index contributed by atoms with van der Waals surface area (Å²) in [7, 11) is 0. The van der Waals surface area contributed by atoms with Crippen LogP contribution in [0.25, 0.3) is 0 Å². The van der Waals surface area contributed by atoms with Crippen LogP contribution in [0.1, 0.15) is 18.2 Å². The van der Waals surface area contributed by atoms with Crippen molar-refractivity contribution in [1.29, 1.82) is 5.41 Å². The number of nitrogens with zero attached hydrogens (tertiary/aromatic N) is 3. The van der Waals surface area contributed by atoms with Crippen molar-refractivity contribution in [2.24, 2.45) is 0 Å². The highest BCUT2D eigenvalue weighted by molar-refractivity contribution is 6.13. The van der Waals surface area contributed by atoms with E-state index in [-0.39, 0.29) is 18.8 Å². The van der Waals surface area contributed by atoms with Gasteiger partial charge in [-0.25, -0.2) is 18.7 Å². The molecule has 0 saturated carbocycles.